The monoisotopic (exact) mass is 333 g/mol. The number of ether oxygens (including phenoxy) is 2. The molecule has 2 rings (SSSR count). The lowest BCUT2D eigenvalue weighted by Gasteiger charge is -2.14. The van der Waals surface area contributed by atoms with Gasteiger partial charge in [-0.3, -0.25) is 15.7 Å². The van der Waals surface area contributed by atoms with Gasteiger partial charge in [0.2, 0.25) is 5.88 Å². The van der Waals surface area contributed by atoms with Gasteiger partial charge in [0.1, 0.15) is 11.6 Å². The molecule has 24 heavy (non-hydrogen) atoms. The van der Waals surface area contributed by atoms with Crippen molar-refractivity contribution in [1.29, 1.82) is 0 Å². The molecule has 0 spiro atoms. The number of hydrogen-bond donors (Lipinski definition) is 2. The summed E-state index contributed by atoms with van der Waals surface area (Å²) in [5, 5.41) is 9.44. The third kappa shape index (κ3) is 4.74. The van der Waals surface area contributed by atoms with E-state index in [1.807, 2.05) is 6.92 Å². The van der Waals surface area contributed by atoms with E-state index in [1.54, 1.807) is 38.3 Å². The van der Waals surface area contributed by atoms with Crippen LogP contribution in [0.1, 0.15) is 18.2 Å². The first-order chi connectivity index (χ1) is 11.5. The number of methoxy groups -OCH3 is 1. The molecule has 0 aliphatic carbocycles. The van der Waals surface area contributed by atoms with Crippen molar-refractivity contribution in [2.45, 2.75) is 19.9 Å². The van der Waals surface area contributed by atoms with Crippen LogP contribution in [-0.2, 0) is 4.74 Å². The van der Waals surface area contributed by atoms with E-state index < -0.39 is 5.82 Å². The molecule has 1 aromatic carbocycles. The van der Waals surface area contributed by atoms with Gasteiger partial charge in [-0.1, -0.05) is 6.07 Å². The van der Waals surface area contributed by atoms with Crippen LogP contribution in [0.2, 0.25) is 0 Å². The maximum absolute atomic E-state index is 13.3. The van der Waals surface area contributed by atoms with Crippen LogP contribution >= 0.6 is 0 Å². The molecular weight excluding hydrogens is 313 g/mol. The van der Waals surface area contributed by atoms with E-state index in [4.69, 9.17) is 9.47 Å². The lowest BCUT2D eigenvalue weighted by Crippen LogP contribution is -2.24. The van der Waals surface area contributed by atoms with E-state index in [-0.39, 0.29) is 17.8 Å². The van der Waals surface area contributed by atoms with E-state index in [1.165, 1.54) is 12.1 Å². The third-order valence-corrected chi connectivity index (χ3v) is 3.13. The highest BCUT2D eigenvalue weighted by atomic mass is 19.1. The number of rotatable bonds is 6. The van der Waals surface area contributed by atoms with Crippen molar-refractivity contribution < 1.29 is 19.1 Å². The molecule has 0 aliphatic heterocycles. The zero-order valence-corrected chi connectivity index (χ0v) is 13.8. The molecule has 128 valence electrons. The van der Waals surface area contributed by atoms with Crippen molar-refractivity contribution in [2.24, 2.45) is 4.99 Å². The summed E-state index contributed by atoms with van der Waals surface area (Å²) in [5.74, 6) is 0.296. The summed E-state index contributed by atoms with van der Waals surface area (Å²) in [6.45, 7) is 4.04. The topological polar surface area (TPSA) is 76.0 Å². The number of nitrogens with zero attached hydrogens (tertiary/aromatic N) is 2. The lowest BCUT2D eigenvalue weighted by molar-refractivity contribution is 0.184. The summed E-state index contributed by atoms with van der Waals surface area (Å²) in [6.07, 6.45) is 0. The van der Waals surface area contributed by atoms with E-state index >= 15 is 0 Å². The first kappa shape index (κ1) is 17.8. The van der Waals surface area contributed by atoms with Gasteiger partial charge in [0.05, 0.1) is 18.2 Å². The Morgan fingerprint density at radius 2 is 2.17 bits per heavy atom. The van der Waals surface area contributed by atoms with Crippen LogP contribution in [0.25, 0.3) is 0 Å². The predicted molar refractivity (Wildman–Crippen MR) is 88.2 cm³/mol. The van der Waals surface area contributed by atoms with E-state index in [0.717, 1.165) is 0 Å². The maximum Gasteiger partial charge on any atom is 0.230 e. The summed E-state index contributed by atoms with van der Waals surface area (Å²) in [5.41, 5.74) is 3.23. The van der Waals surface area contributed by atoms with Crippen molar-refractivity contribution in [3.63, 3.8) is 0 Å². The fraction of sp³-hybridized carbons (Fsp3) is 0.294. The Balaban J connectivity index is 2.39. The Morgan fingerprint density at radius 1 is 1.38 bits per heavy atom. The largest absolute Gasteiger partial charge is 0.438 e. The molecule has 1 heterocycles. The highest BCUT2D eigenvalue weighted by Gasteiger charge is 2.15. The van der Waals surface area contributed by atoms with Crippen molar-refractivity contribution in [3.8, 4) is 11.6 Å². The standard InChI is InChI=1S/C17H20FN3O3/c1-11-7-8-15(16(21-22)19-12(2)10-23-3)17(20-11)24-14-6-4-5-13(18)9-14/h4-9,12,22H,10H2,1-3H3,(H,19,21). The van der Waals surface area contributed by atoms with Gasteiger partial charge in [0.25, 0.3) is 0 Å². The van der Waals surface area contributed by atoms with E-state index in [9.17, 15) is 9.60 Å². The molecule has 2 N–H and O–H groups in total. The summed E-state index contributed by atoms with van der Waals surface area (Å²) in [4.78, 5) is 8.65. The molecule has 0 aliphatic rings. The molecule has 0 fully saturated rings. The van der Waals surface area contributed by atoms with Gasteiger partial charge < -0.3 is 9.47 Å². The first-order valence-electron chi connectivity index (χ1n) is 7.41. The number of aryl methyl sites for hydroxylation is 1. The molecule has 0 bridgehead atoms. The predicted octanol–water partition coefficient (Wildman–Crippen LogP) is 3.08. The summed E-state index contributed by atoms with van der Waals surface area (Å²) in [7, 11) is 1.57. The zero-order chi connectivity index (χ0) is 17.5. The normalized spacial score (nSPS) is 12.8. The molecule has 0 radical (unpaired) electrons. The summed E-state index contributed by atoms with van der Waals surface area (Å²) < 4.78 is 24.1. The van der Waals surface area contributed by atoms with Gasteiger partial charge in [-0.2, -0.15) is 0 Å². The number of hydrogen-bond acceptors (Lipinski definition) is 5. The number of hydroxylamine groups is 1. The molecule has 0 saturated carbocycles. The average Bonchev–Trinajstić information content (AvgIpc) is 2.53. The van der Waals surface area contributed by atoms with Gasteiger partial charge in [-0.05, 0) is 38.1 Å². The van der Waals surface area contributed by atoms with Crippen LogP contribution < -0.4 is 10.2 Å². The Bertz CT molecular complexity index is 722. The Labute approximate surface area is 139 Å². The molecule has 7 heteroatoms. The maximum atomic E-state index is 13.3. The van der Waals surface area contributed by atoms with Crippen LogP contribution in [0, 0.1) is 12.7 Å². The lowest BCUT2D eigenvalue weighted by atomic mass is 10.2. The van der Waals surface area contributed by atoms with Crippen LogP contribution in [0.4, 0.5) is 4.39 Å². The minimum Gasteiger partial charge on any atom is -0.438 e. The van der Waals surface area contributed by atoms with Gasteiger partial charge in [0, 0.05) is 18.9 Å². The average molecular weight is 333 g/mol. The summed E-state index contributed by atoms with van der Waals surface area (Å²) >= 11 is 0. The van der Waals surface area contributed by atoms with Crippen LogP contribution in [0.15, 0.2) is 41.4 Å². The second-order valence-electron chi connectivity index (χ2n) is 5.26. The van der Waals surface area contributed by atoms with E-state index in [2.05, 4.69) is 15.5 Å². The second-order valence-corrected chi connectivity index (χ2v) is 5.26. The van der Waals surface area contributed by atoms with Gasteiger partial charge in [-0.15, -0.1) is 0 Å². The zero-order valence-electron chi connectivity index (χ0n) is 13.8. The molecule has 0 amide bonds. The minimum atomic E-state index is -0.412. The van der Waals surface area contributed by atoms with Gasteiger partial charge in [0.15, 0.2) is 5.84 Å². The Morgan fingerprint density at radius 3 is 2.83 bits per heavy atom. The second kappa shape index (κ2) is 8.37. The number of amidine groups is 1. The van der Waals surface area contributed by atoms with Crippen LogP contribution in [0.3, 0.4) is 0 Å². The number of aromatic nitrogens is 1. The number of pyridine rings is 1. The smallest absolute Gasteiger partial charge is 0.230 e. The third-order valence-electron chi connectivity index (χ3n) is 3.13. The fourth-order valence-corrected chi connectivity index (χ4v) is 2.09. The van der Waals surface area contributed by atoms with Crippen molar-refractivity contribution in [3.05, 3.63) is 53.5 Å². The molecular formula is C17H20FN3O3. The molecule has 1 atom stereocenters. The number of aliphatic imine (C=N–C) groups is 1. The summed E-state index contributed by atoms with van der Waals surface area (Å²) in [6, 6.07) is 9.04. The molecule has 1 unspecified atom stereocenters. The fourth-order valence-electron chi connectivity index (χ4n) is 2.09. The van der Waals surface area contributed by atoms with Gasteiger partial charge in [-0.25, -0.2) is 9.37 Å². The Hall–Kier alpha value is -2.51. The van der Waals surface area contributed by atoms with Crippen molar-refractivity contribution in [2.75, 3.05) is 13.7 Å². The molecule has 2 aromatic rings. The van der Waals surface area contributed by atoms with Crippen molar-refractivity contribution >= 4 is 5.84 Å². The number of benzene rings is 1. The van der Waals surface area contributed by atoms with Gasteiger partial charge >= 0.3 is 0 Å². The quantitative estimate of drug-likeness (QED) is 0.483. The highest BCUT2D eigenvalue weighted by Crippen LogP contribution is 2.24. The minimum absolute atomic E-state index is 0.187. The van der Waals surface area contributed by atoms with Crippen LogP contribution in [0.5, 0.6) is 11.6 Å². The Kier molecular flexibility index (Phi) is 6.22. The first-order valence-corrected chi connectivity index (χ1v) is 7.41. The SMILES string of the molecule is COCC(C)N=C(NO)c1ccc(C)nc1Oc1cccc(F)c1. The molecule has 6 nitrogen and oxygen atoms in total. The number of halogens is 1. The molecule has 1 aromatic heterocycles. The van der Waals surface area contributed by atoms with Crippen molar-refractivity contribution in [1.82, 2.24) is 10.5 Å². The van der Waals surface area contributed by atoms with E-state index in [0.29, 0.717) is 23.6 Å². The highest BCUT2D eigenvalue weighted by molar-refractivity contribution is 6.00. The van der Waals surface area contributed by atoms with Crippen LogP contribution in [-0.4, -0.2) is 35.8 Å². The number of nitrogens with one attached hydrogen (secondary N) is 1. The molecule has 0 saturated heterocycles.